The number of carbonyl (C=O) groups excluding carboxylic acids is 1. The monoisotopic (exact) mass is 416 g/mol. The van der Waals surface area contributed by atoms with Crippen LogP contribution in [0.5, 0.6) is 0 Å². The Kier molecular flexibility index (Phi) is 3.06. The highest BCUT2D eigenvalue weighted by Gasteiger charge is 2.83. The zero-order chi connectivity index (χ0) is 12.4. The van der Waals surface area contributed by atoms with Gasteiger partial charge in [-0.25, -0.2) is 5.84 Å². The van der Waals surface area contributed by atoms with Crippen LogP contribution in [0.2, 0.25) is 0 Å². The summed E-state index contributed by atoms with van der Waals surface area (Å²) >= 11 is 11.0. The molecule has 0 aliphatic heterocycles. The molecule has 3 rings (SSSR count). The molecule has 2 bridgehead atoms. The molecule has 1 amide bonds. The minimum atomic E-state index is -0.373. The summed E-state index contributed by atoms with van der Waals surface area (Å²) in [7, 11) is 0. The van der Waals surface area contributed by atoms with Crippen molar-refractivity contribution in [2.45, 2.75) is 35.3 Å². The lowest BCUT2D eigenvalue weighted by Gasteiger charge is -2.65. The van der Waals surface area contributed by atoms with Gasteiger partial charge in [-0.3, -0.25) is 10.2 Å². The summed E-state index contributed by atoms with van der Waals surface area (Å²) in [4.78, 5) is 12.2. The van der Waals surface area contributed by atoms with Gasteiger partial charge in [-0.05, 0) is 18.3 Å². The van der Waals surface area contributed by atoms with E-state index in [0.29, 0.717) is 0 Å². The van der Waals surface area contributed by atoms with Crippen molar-refractivity contribution in [2.24, 2.45) is 22.1 Å². The fourth-order valence-corrected chi connectivity index (χ4v) is 8.74. The average Bonchev–Trinajstić information content (AvgIpc) is 2.66. The predicted octanol–water partition coefficient (Wildman–Crippen LogP) is 2.66. The number of nitrogens with one attached hydrogen (secondary N) is 1. The SMILES string of the molecule is CC1(C)[C@@]2(C(=O)NN)CC[C@@]1(C(Br)Br)[C@@H]2Br. The van der Waals surface area contributed by atoms with Gasteiger partial charge in [0, 0.05) is 10.2 Å². The normalized spacial score (nSPS) is 44.3. The van der Waals surface area contributed by atoms with Crippen molar-refractivity contribution in [3.8, 4) is 0 Å². The molecule has 0 aromatic heterocycles. The largest absolute Gasteiger partial charge is 0.294 e. The lowest BCUT2D eigenvalue weighted by molar-refractivity contribution is -0.161. The molecule has 6 heteroatoms. The second kappa shape index (κ2) is 3.68. The van der Waals surface area contributed by atoms with E-state index in [1.807, 2.05) is 0 Å². The maximum absolute atomic E-state index is 12.1. The fraction of sp³-hybridized carbons (Fsp3) is 0.900. The fourth-order valence-electron chi connectivity index (χ4n) is 3.83. The first-order chi connectivity index (χ1) is 7.29. The first kappa shape index (κ1) is 13.3. The van der Waals surface area contributed by atoms with E-state index in [9.17, 15) is 4.79 Å². The Morgan fingerprint density at radius 1 is 1.44 bits per heavy atom. The van der Waals surface area contributed by atoms with Crippen molar-refractivity contribution >= 4 is 53.7 Å². The summed E-state index contributed by atoms with van der Waals surface area (Å²) in [6.45, 7) is 4.31. The number of rotatable bonds is 2. The van der Waals surface area contributed by atoms with Gasteiger partial charge in [-0.15, -0.1) is 0 Å². The smallest absolute Gasteiger partial charge is 0.241 e. The summed E-state index contributed by atoms with van der Waals surface area (Å²) < 4.78 is 0.202. The van der Waals surface area contributed by atoms with Crippen molar-refractivity contribution in [3.05, 3.63) is 0 Å². The number of halogens is 3. The third-order valence-corrected chi connectivity index (χ3v) is 8.26. The topological polar surface area (TPSA) is 55.1 Å². The van der Waals surface area contributed by atoms with Gasteiger partial charge in [-0.1, -0.05) is 61.6 Å². The summed E-state index contributed by atoms with van der Waals surface area (Å²) in [5.74, 6) is 5.27. The Morgan fingerprint density at radius 2 is 2.00 bits per heavy atom. The first-order valence-electron chi connectivity index (χ1n) is 5.22. The summed E-state index contributed by atoms with van der Waals surface area (Å²) in [6, 6.07) is 0. The van der Waals surface area contributed by atoms with Gasteiger partial charge >= 0.3 is 0 Å². The molecule has 16 heavy (non-hydrogen) atoms. The van der Waals surface area contributed by atoms with Gasteiger partial charge in [0.1, 0.15) is 0 Å². The van der Waals surface area contributed by atoms with Gasteiger partial charge in [0.25, 0.3) is 0 Å². The van der Waals surface area contributed by atoms with Crippen molar-refractivity contribution in [1.29, 1.82) is 0 Å². The van der Waals surface area contributed by atoms with Crippen LogP contribution in [0.1, 0.15) is 26.7 Å². The molecule has 3 atom stereocenters. The maximum atomic E-state index is 12.1. The minimum absolute atomic E-state index is 0.0480. The Hall–Kier alpha value is 0.870. The van der Waals surface area contributed by atoms with Crippen LogP contribution in [0.15, 0.2) is 0 Å². The molecule has 0 aromatic carbocycles. The third kappa shape index (κ3) is 1.06. The highest BCUT2D eigenvalue weighted by molar-refractivity contribution is 9.24. The Balaban J connectivity index is 2.46. The maximum Gasteiger partial charge on any atom is 0.241 e. The van der Waals surface area contributed by atoms with E-state index in [4.69, 9.17) is 5.84 Å². The van der Waals surface area contributed by atoms with E-state index in [1.165, 1.54) is 0 Å². The third-order valence-electron chi connectivity index (χ3n) is 5.02. The van der Waals surface area contributed by atoms with Crippen LogP contribution in [0.3, 0.4) is 0 Å². The molecule has 92 valence electrons. The Bertz CT molecular complexity index is 347. The number of hydrogen-bond donors (Lipinski definition) is 2. The van der Waals surface area contributed by atoms with E-state index in [0.717, 1.165) is 12.8 Å². The highest BCUT2D eigenvalue weighted by Crippen LogP contribution is 2.82. The van der Waals surface area contributed by atoms with Crippen LogP contribution in [0.25, 0.3) is 0 Å². The van der Waals surface area contributed by atoms with Crippen LogP contribution in [-0.2, 0) is 4.79 Å². The summed E-state index contributed by atoms with van der Waals surface area (Å²) in [5, 5.41) is 0. The van der Waals surface area contributed by atoms with Gasteiger partial charge in [0.2, 0.25) is 5.91 Å². The number of amides is 1. The van der Waals surface area contributed by atoms with Gasteiger partial charge in [0.15, 0.2) is 0 Å². The van der Waals surface area contributed by atoms with Crippen LogP contribution >= 0.6 is 47.8 Å². The lowest BCUT2D eigenvalue weighted by Crippen LogP contribution is -2.72. The van der Waals surface area contributed by atoms with Gasteiger partial charge in [0.05, 0.1) is 9.15 Å². The molecule has 3 aliphatic rings. The Labute approximate surface area is 121 Å². The number of fused-ring (bicyclic) bond motifs is 1. The number of hydrazine groups is 1. The average molecular weight is 419 g/mol. The van der Waals surface area contributed by atoms with Crippen molar-refractivity contribution < 1.29 is 4.79 Å². The number of hydrogen-bond acceptors (Lipinski definition) is 2. The molecule has 0 spiro atoms. The summed E-state index contributed by atoms with van der Waals surface area (Å²) in [6.07, 6.45) is 1.90. The molecule has 0 radical (unpaired) electrons. The van der Waals surface area contributed by atoms with Gasteiger partial charge in [-0.2, -0.15) is 0 Å². The zero-order valence-corrected chi connectivity index (χ0v) is 13.9. The minimum Gasteiger partial charge on any atom is -0.294 e. The second-order valence-electron chi connectivity index (χ2n) is 5.27. The molecule has 0 saturated heterocycles. The van der Waals surface area contributed by atoms with Crippen LogP contribution in [0, 0.1) is 16.2 Å². The molecule has 3 fully saturated rings. The Morgan fingerprint density at radius 3 is 2.31 bits per heavy atom. The molecule has 0 heterocycles. The van der Waals surface area contributed by atoms with Crippen molar-refractivity contribution in [3.63, 3.8) is 0 Å². The van der Waals surface area contributed by atoms with E-state index in [1.54, 1.807) is 0 Å². The van der Waals surface area contributed by atoms with Gasteiger partial charge < -0.3 is 0 Å². The van der Waals surface area contributed by atoms with Crippen LogP contribution < -0.4 is 11.3 Å². The lowest BCUT2D eigenvalue weighted by atomic mass is 9.43. The molecule has 3 saturated carbocycles. The zero-order valence-electron chi connectivity index (χ0n) is 9.19. The standard InChI is InChI=1S/C10H15Br3N2O/c1-8(2)9(6(12)13)3-4-10(8,5(9)11)7(16)15-14/h5-6H,3-4,14H2,1-2H3,(H,15,16)/t5-,9-,10-/m0/s1. The van der Waals surface area contributed by atoms with Crippen molar-refractivity contribution in [2.75, 3.05) is 0 Å². The van der Waals surface area contributed by atoms with Crippen LogP contribution in [0.4, 0.5) is 0 Å². The highest BCUT2D eigenvalue weighted by atomic mass is 79.9. The molecule has 3 nitrogen and oxygen atoms in total. The quantitative estimate of drug-likeness (QED) is 0.313. The number of carbonyl (C=O) groups is 1. The molecule has 3 N–H and O–H groups in total. The van der Waals surface area contributed by atoms with E-state index >= 15 is 0 Å². The molecule has 0 aromatic rings. The van der Waals surface area contributed by atoms with Crippen LogP contribution in [-0.4, -0.2) is 14.5 Å². The van der Waals surface area contributed by atoms with E-state index in [2.05, 4.69) is 67.1 Å². The first-order valence-corrected chi connectivity index (χ1v) is 7.97. The molecule has 3 aliphatic carbocycles. The molecular weight excluding hydrogens is 404 g/mol. The second-order valence-corrected chi connectivity index (χ2v) is 9.25. The predicted molar refractivity (Wildman–Crippen MR) is 74.6 cm³/mol. The van der Waals surface area contributed by atoms with Crippen molar-refractivity contribution in [1.82, 2.24) is 5.43 Å². The molecule has 0 unspecified atom stereocenters. The van der Waals surface area contributed by atoms with E-state index < -0.39 is 0 Å². The number of alkyl halides is 3. The van der Waals surface area contributed by atoms with E-state index in [-0.39, 0.29) is 30.7 Å². The number of nitrogens with two attached hydrogens (primary N) is 1. The summed E-state index contributed by atoms with van der Waals surface area (Å²) in [5.41, 5.74) is 1.95. The molecular formula is C10H15Br3N2O.